The summed E-state index contributed by atoms with van der Waals surface area (Å²) in [5, 5.41) is 3.09. The zero-order valence-electron chi connectivity index (χ0n) is 16.2. The topological polar surface area (TPSA) is 46.9 Å². The van der Waals surface area contributed by atoms with Crippen LogP contribution in [0.3, 0.4) is 0 Å². The summed E-state index contributed by atoms with van der Waals surface area (Å²) in [6, 6.07) is 23.2. The Morgan fingerprint density at radius 2 is 1.77 bits per heavy atom. The number of hydrogen-bond acceptors (Lipinski definition) is 3. The van der Waals surface area contributed by atoms with E-state index in [4.69, 9.17) is 4.98 Å². The van der Waals surface area contributed by atoms with Crippen molar-refractivity contribution in [1.29, 1.82) is 0 Å². The van der Waals surface area contributed by atoms with Crippen molar-refractivity contribution in [1.82, 2.24) is 9.55 Å². The number of nitrogens with zero attached hydrogens (tertiary/aromatic N) is 2. The van der Waals surface area contributed by atoms with E-state index in [2.05, 4.69) is 11.9 Å². The Kier molecular flexibility index (Phi) is 5.95. The summed E-state index contributed by atoms with van der Waals surface area (Å²) in [5.74, 6) is -0.546. The van der Waals surface area contributed by atoms with Gasteiger partial charge in [-0.1, -0.05) is 60.3 Å². The fourth-order valence-electron chi connectivity index (χ4n) is 3.20. The van der Waals surface area contributed by atoms with E-state index in [0.29, 0.717) is 12.2 Å². The van der Waals surface area contributed by atoms with E-state index in [9.17, 15) is 9.18 Å². The van der Waals surface area contributed by atoms with Crippen molar-refractivity contribution in [2.75, 3.05) is 5.32 Å². The summed E-state index contributed by atoms with van der Waals surface area (Å²) in [5.41, 5.74) is 3.26. The molecular weight excluding hydrogens is 397 g/mol. The Morgan fingerprint density at radius 1 is 1.07 bits per heavy atom. The van der Waals surface area contributed by atoms with Gasteiger partial charge in [-0.2, -0.15) is 0 Å². The Bertz CT molecular complexity index is 1170. The van der Waals surface area contributed by atoms with Crippen LogP contribution in [-0.4, -0.2) is 15.5 Å². The normalized spacial score (nSPS) is 11.9. The number of anilines is 1. The quantitative estimate of drug-likeness (QED) is 0.304. The number of allylic oxidation sites excluding steroid dienone is 1. The molecule has 0 aliphatic heterocycles. The van der Waals surface area contributed by atoms with Crippen molar-refractivity contribution >= 4 is 34.4 Å². The van der Waals surface area contributed by atoms with Gasteiger partial charge in [-0.15, -0.1) is 6.58 Å². The highest BCUT2D eigenvalue weighted by atomic mass is 32.2. The van der Waals surface area contributed by atoms with Gasteiger partial charge in [-0.3, -0.25) is 4.79 Å². The molecular formula is C24H20FN3OS. The van der Waals surface area contributed by atoms with Crippen LogP contribution in [0.1, 0.15) is 10.8 Å². The lowest BCUT2D eigenvalue weighted by Crippen LogP contribution is -2.19. The molecule has 0 unspecified atom stereocenters. The van der Waals surface area contributed by atoms with E-state index in [0.717, 1.165) is 21.8 Å². The van der Waals surface area contributed by atoms with E-state index in [1.807, 2.05) is 65.2 Å². The van der Waals surface area contributed by atoms with Crippen molar-refractivity contribution in [3.05, 3.63) is 103 Å². The number of benzene rings is 3. The smallest absolute Gasteiger partial charge is 0.242 e. The third-order valence-corrected chi connectivity index (χ3v) is 5.85. The van der Waals surface area contributed by atoms with Gasteiger partial charge in [0.15, 0.2) is 5.16 Å². The van der Waals surface area contributed by atoms with Crippen LogP contribution in [0.5, 0.6) is 0 Å². The molecule has 0 aliphatic rings. The predicted molar refractivity (Wildman–Crippen MR) is 120 cm³/mol. The summed E-state index contributed by atoms with van der Waals surface area (Å²) in [6.45, 7) is 4.44. The lowest BCUT2D eigenvalue weighted by atomic mass is 10.1. The molecule has 0 saturated carbocycles. The number of thioether (sulfide) groups is 1. The number of rotatable bonds is 7. The second kappa shape index (κ2) is 8.97. The molecule has 0 spiro atoms. The molecule has 4 nitrogen and oxygen atoms in total. The van der Waals surface area contributed by atoms with Gasteiger partial charge in [0.25, 0.3) is 0 Å². The van der Waals surface area contributed by atoms with Crippen LogP contribution in [0.2, 0.25) is 0 Å². The van der Waals surface area contributed by atoms with Crippen molar-refractivity contribution in [3.63, 3.8) is 0 Å². The second-order valence-corrected chi connectivity index (χ2v) is 7.76. The summed E-state index contributed by atoms with van der Waals surface area (Å²) in [7, 11) is 0. The molecule has 6 heteroatoms. The Morgan fingerprint density at radius 3 is 2.50 bits per heavy atom. The maximum atomic E-state index is 13.2. The number of aromatic nitrogens is 2. The van der Waals surface area contributed by atoms with Gasteiger partial charge in [0.05, 0.1) is 11.0 Å². The van der Waals surface area contributed by atoms with Gasteiger partial charge in [0.2, 0.25) is 5.91 Å². The molecule has 30 heavy (non-hydrogen) atoms. The first kappa shape index (κ1) is 19.9. The number of carbonyl (C=O) groups excluding carboxylic acids is 1. The first-order valence-corrected chi connectivity index (χ1v) is 10.4. The molecule has 3 aromatic carbocycles. The largest absolute Gasteiger partial charge is 0.325 e. The average Bonchev–Trinajstić information content (AvgIpc) is 3.12. The molecule has 1 aromatic heterocycles. The first-order chi connectivity index (χ1) is 14.7. The van der Waals surface area contributed by atoms with Gasteiger partial charge in [-0.05, 0) is 42.0 Å². The van der Waals surface area contributed by atoms with E-state index in [1.54, 1.807) is 12.1 Å². The fraction of sp³-hybridized carbons (Fsp3) is 0.0833. The monoisotopic (exact) mass is 417 g/mol. The van der Waals surface area contributed by atoms with Crippen molar-refractivity contribution in [3.8, 4) is 0 Å². The number of halogens is 1. The number of fused-ring (bicyclic) bond motifs is 1. The molecule has 1 atom stereocenters. The standard InChI is InChI=1S/C24H20FN3OS/c1-2-16-28-21-11-7-6-10-20(21)27-24(28)30-22(17-8-4-3-5-9-17)23(29)26-19-14-12-18(25)13-15-19/h2-15,22H,1,16H2,(H,26,29)/t22-/m0/s1. The van der Waals surface area contributed by atoms with Crippen LogP contribution in [0.4, 0.5) is 10.1 Å². The van der Waals surface area contributed by atoms with Crippen LogP contribution in [0.15, 0.2) is 96.7 Å². The van der Waals surface area contributed by atoms with Crippen molar-refractivity contribution in [2.45, 2.75) is 17.0 Å². The minimum Gasteiger partial charge on any atom is -0.325 e. The maximum absolute atomic E-state index is 13.2. The van der Waals surface area contributed by atoms with Crippen LogP contribution in [-0.2, 0) is 11.3 Å². The van der Waals surface area contributed by atoms with E-state index in [1.165, 1.54) is 23.9 Å². The molecule has 0 aliphatic carbocycles. The Hall–Kier alpha value is -3.38. The molecule has 1 heterocycles. The molecule has 0 bridgehead atoms. The minimum atomic E-state index is -0.531. The average molecular weight is 418 g/mol. The lowest BCUT2D eigenvalue weighted by Gasteiger charge is -2.17. The summed E-state index contributed by atoms with van der Waals surface area (Å²) in [6.07, 6.45) is 1.81. The van der Waals surface area contributed by atoms with Crippen molar-refractivity contribution in [2.24, 2.45) is 0 Å². The highest BCUT2D eigenvalue weighted by Crippen LogP contribution is 2.37. The van der Waals surface area contributed by atoms with Crippen LogP contribution >= 0.6 is 11.8 Å². The lowest BCUT2D eigenvalue weighted by molar-refractivity contribution is -0.115. The minimum absolute atomic E-state index is 0.199. The number of imidazole rings is 1. The van der Waals surface area contributed by atoms with E-state index in [-0.39, 0.29) is 11.7 Å². The highest BCUT2D eigenvalue weighted by molar-refractivity contribution is 8.00. The molecule has 0 saturated heterocycles. The summed E-state index contributed by atoms with van der Waals surface area (Å²) < 4.78 is 15.3. The van der Waals surface area contributed by atoms with Crippen molar-refractivity contribution < 1.29 is 9.18 Å². The summed E-state index contributed by atoms with van der Waals surface area (Å²) in [4.78, 5) is 18.0. The molecule has 1 amide bonds. The third-order valence-electron chi connectivity index (χ3n) is 4.61. The van der Waals surface area contributed by atoms with Gasteiger partial charge in [0.1, 0.15) is 11.1 Å². The first-order valence-electron chi connectivity index (χ1n) is 9.50. The predicted octanol–water partition coefficient (Wildman–Crippen LogP) is 5.83. The van der Waals surface area contributed by atoms with E-state index >= 15 is 0 Å². The zero-order valence-corrected chi connectivity index (χ0v) is 17.0. The zero-order chi connectivity index (χ0) is 20.9. The number of amides is 1. The maximum Gasteiger partial charge on any atom is 0.242 e. The fourth-order valence-corrected chi connectivity index (χ4v) is 4.32. The molecule has 150 valence electrons. The molecule has 4 rings (SSSR count). The van der Waals surface area contributed by atoms with Crippen LogP contribution in [0.25, 0.3) is 11.0 Å². The van der Waals surface area contributed by atoms with Gasteiger partial charge in [0, 0.05) is 12.2 Å². The second-order valence-electron chi connectivity index (χ2n) is 6.69. The molecule has 0 radical (unpaired) electrons. The number of nitrogens with one attached hydrogen (secondary N) is 1. The van der Waals surface area contributed by atoms with Gasteiger partial charge >= 0.3 is 0 Å². The number of hydrogen-bond donors (Lipinski definition) is 1. The highest BCUT2D eigenvalue weighted by Gasteiger charge is 2.25. The molecule has 0 fully saturated rings. The van der Waals surface area contributed by atoms with E-state index < -0.39 is 5.25 Å². The van der Waals surface area contributed by atoms with Gasteiger partial charge in [-0.25, -0.2) is 9.37 Å². The molecule has 4 aromatic rings. The van der Waals surface area contributed by atoms with Crippen LogP contribution < -0.4 is 5.32 Å². The molecule has 1 N–H and O–H groups in total. The van der Waals surface area contributed by atoms with Gasteiger partial charge < -0.3 is 9.88 Å². The SMILES string of the molecule is C=CCn1c(S[C@H](C(=O)Nc2ccc(F)cc2)c2ccccc2)nc2ccccc21. The Balaban J connectivity index is 1.69. The van der Waals surface area contributed by atoms with Crippen LogP contribution in [0, 0.1) is 5.82 Å². The summed E-state index contributed by atoms with van der Waals surface area (Å²) >= 11 is 1.38. The number of carbonyl (C=O) groups is 1. The number of para-hydroxylation sites is 2. The third kappa shape index (κ3) is 4.28. The Labute approximate surface area is 178 Å².